The van der Waals surface area contributed by atoms with Gasteiger partial charge in [-0.15, -0.1) is 0 Å². The third kappa shape index (κ3) is 6.55. The molecule has 0 nitrogen and oxygen atoms in total. The van der Waals surface area contributed by atoms with Crippen LogP contribution in [-0.4, -0.2) is 0 Å². The summed E-state index contributed by atoms with van der Waals surface area (Å²) in [5.74, 6) is -0.855. The van der Waals surface area contributed by atoms with E-state index in [2.05, 4.69) is 26.0 Å². The second kappa shape index (κ2) is 10.8. The van der Waals surface area contributed by atoms with Crippen molar-refractivity contribution < 1.29 is 22.0 Å². The molecule has 0 aromatic heterocycles. The average Bonchev–Trinajstić information content (AvgIpc) is 2.75. The highest BCUT2D eigenvalue weighted by Crippen LogP contribution is 2.38. The Morgan fingerprint density at radius 3 is 1.97 bits per heavy atom. The molecule has 1 fully saturated rings. The van der Waals surface area contributed by atoms with E-state index in [4.69, 9.17) is 0 Å². The summed E-state index contributed by atoms with van der Waals surface area (Å²) >= 11 is 0. The van der Waals surface area contributed by atoms with E-state index in [1.807, 2.05) is 12.1 Å². The summed E-state index contributed by atoms with van der Waals surface area (Å²) in [5, 5.41) is 0. The molecule has 0 saturated heterocycles. The van der Waals surface area contributed by atoms with Crippen molar-refractivity contribution in [2.75, 3.05) is 0 Å². The summed E-state index contributed by atoms with van der Waals surface area (Å²) < 4.78 is 65.7. The van der Waals surface area contributed by atoms with Crippen LogP contribution in [-0.2, 0) is 19.0 Å². The predicted molar refractivity (Wildman–Crippen MR) is 119 cm³/mol. The molecule has 0 bridgehead atoms. The fourth-order valence-electron chi connectivity index (χ4n) is 4.79. The Morgan fingerprint density at radius 2 is 1.44 bits per heavy atom. The van der Waals surface area contributed by atoms with Crippen LogP contribution in [0.4, 0.5) is 22.0 Å². The van der Waals surface area contributed by atoms with Crippen LogP contribution in [0.1, 0.15) is 87.0 Å². The minimum Gasteiger partial charge on any atom is -0.206 e. The molecule has 0 aliphatic heterocycles. The maximum atomic E-state index is 13.8. The fourth-order valence-corrected chi connectivity index (χ4v) is 4.79. The smallest absolute Gasteiger partial charge is 0.206 e. The van der Waals surface area contributed by atoms with E-state index in [9.17, 15) is 22.0 Å². The van der Waals surface area contributed by atoms with Gasteiger partial charge in [0.05, 0.1) is 0 Å². The second-order valence-electron chi connectivity index (χ2n) is 9.48. The molecule has 0 spiro atoms. The first-order valence-corrected chi connectivity index (χ1v) is 11.8. The van der Waals surface area contributed by atoms with E-state index < -0.39 is 23.4 Å². The molecule has 0 amide bonds. The zero-order chi connectivity index (χ0) is 23.3. The monoisotopic (exact) mass is 452 g/mol. The maximum absolute atomic E-state index is 13.8. The van der Waals surface area contributed by atoms with Gasteiger partial charge in [0.2, 0.25) is 0 Å². The molecule has 1 aliphatic rings. The van der Waals surface area contributed by atoms with Gasteiger partial charge in [0.15, 0.2) is 0 Å². The van der Waals surface area contributed by atoms with Crippen LogP contribution in [0.2, 0.25) is 0 Å². The number of aryl methyl sites for hydroxylation is 2. The van der Waals surface area contributed by atoms with Crippen molar-refractivity contribution in [1.82, 2.24) is 0 Å². The SMILES string of the molecule is CCC(C)CCC1CCC(c2ccc(CCc3cc(F)c(C(F)(F)F)c(F)c3)cc2)CC1. The van der Waals surface area contributed by atoms with Crippen molar-refractivity contribution in [2.24, 2.45) is 11.8 Å². The lowest BCUT2D eigenvalue weighted by Gasteiger charge is -2.29. The Balaban J connectivity index is 1.52. The molecular formula is C27H33F5. The molecule has 1 saturated carbocycles. The summed E-state index contributed by atoms with van der Waals surface area (Å²) in [6.07, 6.45) is 4.70. The van der Waals surface area contributed by atoms with Gasteiger partial charge >= 0.3 is 6.18 Å². The average molecular weight is 453 g/mol. The van der Waals surface area contributed by atoms with Crippen LogP contribution < -0.4 is 0 Å². The number of rotatable bonds is 8. The summed E-state index contributed by atoms with van der Waals surface area (Å²) in [7, 11) is 0. The van der Waals surface area contributed by atoms with Crippen LogP contribution in [0, 0.1) is 23.5 Å². The van der Waals surface area contributed by atoms with Crippen LogP contribution in [0.15, 0.2) is 36.4 Å². The van der Waals surface area contributed by atoms with Crippen molar-refractivity contribution in [1.29, 1.82) is 0 Å². The number of benzene rings is 2. The van der Waals surface area contributed by atoms with Crippen LogP contribution in [0.5, 0.6) is 0 Å². The Morgan fingerprint density at radius 1 is 0.875 bits per heavy atom. The van der Waals surface area contributed by atoms with Crippen molar-refractivity contribution >= 4 is 0 Å². The Hall–Kier alpha value is -1.91. The molecule has 1 aliphatic carbocycles. The van der Waals surface area contributed by atoms with E-state index >= 15 is 0 Å². The first kappa shape index (κ1) is 24.7. The summed E-state index contributed by atoms with van der Waals surface area (Å²) in [5.41, 5.74) is 0.755. The van der Waals surface area contributed by atoms with E-state index in [1.165, 1.54) is 50.5 Å². The third-order valence-electron chi connectivity index (χ3n) is 7.15. The Kier molecular flexibility index (Phi) is 8.35. The van der Waals surface area contributed by atoms with Gasteiger partial charge in [0.1, 0.15) is 17.2 Å². The summed E-state index contributed by atoms with van der Waals surface area (Å²) in [4.78, 5) is 0. The van der Waals surface area contributed by atoms with Crippen molar-refractivity contribution in [2.45, 2.75) is 83.7 Å². The van der Waals surface area contributed by atoms with Gasteiger partial charge in [-0.3, -0.25) is 0 Å². The number of halogens is 5. The molecule has 0 radical (unpaired) electrons. The fraction of sp³-hybridized carbons (Fsp3) is 0.556. The van der Waals surface area contributed by atoms with Crippen LogP contribution in [0.3, 0.4) is 0 Å². The van der Waals surface area contributed by atoms with Gasteiger partial charge in [-0.25, -0.2) is 8.78 Å². The normalized spacial score (nSPS) is 20.3. The van der Waals surface area contributed by atoms with Gasteiger partial charge in [0, 0.05) is 0 Å². The molecule has 2 aromatic carbocycles. The van der Waals surface area contributed by atoms with Gasteiger partial charge in [-0.1, -0.05) is 57.4 Å². The molecular weight excluding hydrogens is 419 g/mol. The van der Waals surface area contributed by atoms with E-state index in [-0.39, 0.29) is 12.0 Å². The highest BCUT2D eigenvalue weighted by Gasteiger charge is 2.37. The number of hydrogen-bond donors (Lipinski definition) is 0. The minimum absolute atomic E-state index is 0.229. The van der Waals surface area contributed by atoms with E-state index in [0.29, 0.717) is 12.3 Å². The first-order chi connectivity index (χ1) is 15.2. The molecule has 176 valence electrons. The molecule has 5 heteroatoms. The van der Waals surface area contributed by atoms with Gasteiger partial charge in [-0.05, 0) is 85.1 Å². The molecule has 2 aromatic rings. The molecule has 32 heavy (non-hydrogen) atoms. The summed E-state index contributed by atoms with van der Waals surface area (Å²) in [6, 6.07) is 9.91. The molecule has 1 atom stereocenters. The standard InChI is InChI=1S/C27H33F5/c1-3-18(2)4-5-19-8-12-22(13-9-19)23-14-10-20(11-15-23)6-7-21-16-24(28)26(25(29)17-21)27(30,31)32/h10-11,14-19,22H,3-9,12-13H2,1-2H3. The topological polar surface area (TPSA) is 0 Å². The number of alkyl halides is 3. The van der Waals surface area contributed by atoms with Crippen molar-refractivity contribution in [3.63, 3.8) is 0 Å². The van der Waals surface area contributed by atoms with Crippen LogP contribution >= 0.6 is 0 Å². The predicted octanol–water partition coefficient (Wildman–Crippen LogP) is 8.87. The lowest BCUT2D eigenvalue weighted by Crippen LogP contribution is -2.14. The van der Waals surface area contributed by atoms with E-state index in [0.717, 1.165) is 29.5 Å². The number of hydrogen-bond acceptors (Lipinski definition) is 0. The lowest BCUT2D eigenvalue weighted by atomic mass is 9.76. The van der Waals surface area contributed by atoms with Gasteiger partial charge in [-0.2, -0.15) is 13.2 Å². The molecule has 0 N–H and O–H groups in total. The molecule has 3 rings (SSSR count). The van der Waals surface area contributed by atoms with Crippen molar-refractivity contribution in [3.8, 4) is 0 Å². The van der Waals surface area contributed by atoms with Crippen molar-refractivity contribution in [3.05, 3.63) is 70.3 Å². The third-order valence-corrected chi connectivity index (χ3v) is 7.15. The maximum Gasteiger partial charge on any atom is 0.422 e. The minimum atomic E-state index is -5.03. The van der Waals surface area contributed by atoms with Gasteiger partial charge < -0.3 is 0 Å². The zero-order valence-electron chi connectivity index (χ0n) is 18.9. The zero-order valence-corrected chi connectivity index (χ0v) is 18.9. The lowest BCUT2D eigenvalue weighted by molar-refractivity contribution is -0.142. The van der Waals surface area contributed by atoms with E-state index in [1.54, 1.807) is 0 Å². The highest BCUT2D eigenvalue weighted by atomic mass is 19.4. The largest absolute Gasteiger partial charge is 0.422 e. The Labute approximate surface area is 188 Å². The van der Waals surface area contributed by atoms with Crippen LogP contribution in [0.25, 0.3) is 0 Å². The highest BCUT2D eigenvalue weighted by molar-refractivity contribution is 5.30. The summed E-state index contributed by atoms with van der Waals surface area (Å²) in [6.45, 7) is 4.59. The quantitative estimate of drug-likeness (QED) is 0.351. The second-order valence-corrected chi connectivity index (χ2v) is 9.48. The molecule has 1 unspecified atom stereocenters. The first-order valence-electron chi connectivity index (χ1n) is 11.8. The van der Waals surface area contributed by atoms with Gasteiger partial charge in [0.25, 0.3) is 0 Å². The Bertz CT molecular complexity index is 838. The molecule has 0 heterocycles.